The second-order valence-corrected chi connectivity index (χ2v) is 6.96. The third-order valence-electron chi connectivity index (χ3n) is 5.54. The molecule has 0 spiro atoms. The molecule has 0 bridgehead atoms. The fraction of sp³-hybridized carbons (Fsp3) is 0. The highest BCUT2D eigenvalue weighted by Crippen LogP contribution is 2.45. The molecule has 0 unspecified atom stereocenters. The monoisotopic (exact) mass is 362 g/mol. The van der Waals surface area contributed by atoms with Crippen molar-refractivity contribution in [3.63, 3.8) is 0 Å². The molecule has 132 valence electrons. The molecule has 0 amide bonds. The first-order chi connectivity index (χ1) is 13.9. The van der Waals surface area contributed by atoms with Gasteiger partial charge in [-0.3, -0.25) is 0 Å². The molecule has 1 N–H and O–H groups in total. The molecule has 5 aromatic carbocycles. The highest BCUT2D eigenvalue weighted by atomic mass is 16.5. The highest BCUT2D eigenvalue weighted by molar-refractivity contribution is 6.34. The van der Waals surface area contributed by atoms with Crippen LogP contribution in [0.1, 0.15) is 0 Å². The van der Waals surface area contributed by atoms with Crippen LogP contribution in [0, 0.1) is 0 Å². The van der Waals surface area contributed by atoms with Crippen molar-refractivity contribution in [3.8, 4) is 5.75 Å². The number of hydrogen-bond donors (Lipinski definition) is 1. The fourth-order valence-electron chi connectivity index (χ4n) is 4.42. The van der Waals surface area contributed by atoms with E-state index in [-0.39, 0.29) is 7.69 Å². The summed E-state index contributed by atoms with van der Waals surface area (Å²) in [6.07, 6.45) is 0. The molecule has 4 heteroatoms. The maximum atomic E-state index is 9.32. The van der Waals surface area contributed by atoms with Gasteiger partial charge in [-0.2, -0.15) is 0 Å². The molecule has 1 aromatic heterocycles. The summed E-state index contributed by atoms with van der Waals surface area (Å²) in [6.45, 7) is 0. The smallest absolute Gasteiger partial charge is 0.504 e. The van der Waals surface area contributed by atoms with Crippen LogP contribution >= 0.6 is 0 Å². The standard InChI is InChI=1S/C24H15BO3/c26-25-28-20-13-21-22(18-11-5-3-9-16(18)20)23-17-10-4-1-7-14(17)15-8-2-6-12-19(15)24(23)27-21/h1-13,25-26H. The van der Waals surface area contributed by atoms with Crippen LogP contribution in [0.5, 0.6) is 5.75 Å². The van der Waals surface area contributed by atoms with E-state index in [2.05, 4.69) is 48.5 Å². The molecule has 0 aliphatic rings. The minimum absolute atomic E-state index is 0.373. The Hall–Kier alpha value is -3.50. The summed E-state index contributed by atoms with van der Waals surface area (Å²) < 4.78 is 11.9. The van der Waals surface area contributed by atoms with Crippen molar-refractivity contribution < 1.29 is 14.1 Å². The van der Waals surface area contributed by atoms with Crippen molar-refractivity contribution in [2.75, 3.05) is 0 Å². The van der Waals surface area contributed by atoms with Gasteiger partial charge >= 0.3 is 7.69 Å². The average Bonchev–Trinajstić information content (AvgIpc) is 3.14. The lowest BCUT2D eigenvalue weighted by atomic mass is 9.95. The van der Waals surface area contributed by atoms with Crippen LogP contribution in [-0.4, -0.2) is 12.7 Å². The lowest BCUT2D eigenvalue weighted by Crippen LogP contribution is -2.00. The van der Waals surface area contributed by atoms with E-state index in [0.717, 1.165) is 38.1 Å². The Morgan fingerprint density at radius 2 is 1.18 bits per heavy atom. The molecule has 28 heavy (non-hydrogen) atoms. The predicted molar refractivity (Wildman–Crippen MR) is 116 cm³/mol. The Kier molecular flexibility index (Phi) is 3.19. The van der Waals surface area contributed by atoms with E-state index in [1.165, 1.54) is 16.2 Å². The van der Waals surface area contributed by atoms with Crippen molar-refractivity contribution >= 4 is 61.9 Å². The molecule has 3 nitrogen and oxygen atoms in total. The van der Waals surface area contributed by atoms with Crippen LogP contribution < -0.4 is 4.65 Å². The van der Waals surface area contributed by atoms with Crippen LogP contribution in [-0.2, 0) is 0 Å². The van der Waals surface area contributed by atoms with E-state index in [1.54, 1.807) is 0 Å². The van der Waals surface area contributed by atoms with E-state index in [9.17, 15) is 5.02 Å². The zero-order valence-electron chi connectivity index (χ0n) is 15.0. The summed E-state index contributed by atoms with van der Waals surface area (Å²) >= 11 is 0. The summed E-state index contributed by atoms with van der Waals surface area (Å²) in [5.74, 6) is 0.623. The summed E-state index contributed by atoms with van der Waals surface area (Å²) in [5.41, 5.74) is 1.65. The number of benzene rings is 5. The van der Waals surface area contributed by atoms with Crippen molar-refractivity contribution in [1.29, 1.82) is 0 Å². The summed E-state index contributed by atoms with van der Waals surface area (Å²) in [4.78, 5) is 0. The fourth-order valence-corrected chi connectivity index (χ4v) is 4.42. The summed E-state index contributed by atoms with van der Waals surface area (Å²) in [7, 11) is -0.373. The van der Waals surface area contributed by atoms with E-state index >= 15 is 0 Å². The molecule has 0 saturated heterocycles. The molecule has 1 heterocycles. The molecule has 0 radical (unpaired) electrons. The van der Waals surface area contributed by atoms with E-state index in [1.807, 2.05) is 30.3 Å². The first-order valence-corrected chi connectivity index (χ1v) is 9.28. The SMILES string of the molecule is OBOc1cc2oc3c4ccccc4c4ccccc4c3c2c2ccccc12. The van der Waals surface area contributed by atoms with E-state index in [0.29, 0.717) is 5.75 Å². The Morgan fingerprint density at radius 1 is 0.643 bits per heavy atom. The van der Waals surface area contributed by atoms with Crippen molar-refractivity contribution in [2.24, 2.45) is 0 Å². The van der Waals surface area contributed by atoms with Gasteiger partial charge in [0.25, 0.3) is 0 Å². The summed E-state index contributed by atoms with van der Waals surface area (Å²) in [5, 5.41) is 18.2. The molecule has 0 aliphatic heterocycles. The van der Waals surface area contributed by atoms with Crippen molar-refractivity contribution in [1.82, 2.24) is 0 Å². The molecule has 6 aromatic rings. The van der Waals surface area contributed by atoms with Gasteiger partial charge in [-0.1, -0.05) is 72.8 Å². The lowest BCUT2D eigenvalue weighted by molar-refractivity contribution is 0.456. The van der Waals surface area contributed by atoms with Crippen LogP contribution in [0.4, 0.5) is 0 Å². The molecule has 0 fully saturated rings. The van der Waals surface area contributed by atoms with Gasteiger partial charge in [-0.15, -0.1) is 0 Å². The summed E-state index contributed by atoms with van der Waals surface area (Å²) in [6, 6.07) is 26.8. The lowest BCUT2D eigenvalue weighted by Gasteiger charge is -2.09. The Bertz CT molecular complexity index is 1530. The largest absolute Gasteiger partial charge is 0.538 e. The third kappa shape index (κ3) is 1.98. The van der Waals surface area contributed by atoms with Gasteiger partial charge in [0.2, 0.25) is 0 Å². The van der Waals surface area contributed by atoms with Crippen LogP contribution in [0.25, 0.3) is 54.3 Å². The minimum Gasteiger partial charge on any atom is -0.538 e. The number of furan rings is 1. The minimum atomic E-state index is -0.373. The normalized spacial score (nSPS) is 11.8. The van der Waals surface area contributed by atoms with Gasteiger partial charge in [-0.05, 0) is 21.5 Å². The van der Waals surface area contributed by atoms with Crippen LogP contribution in [0.3, 0.4) is 0 Å². The zero-order valence-corrected chi connectivity index (χ0v) is 15.0. The third-order valence-corrected chi connectivity index (χ3v) is 5.54. The molecule has 6 rings (SSSR count). The topological polar surface area (TPSA) is 42.6 Å². The Morgan fingerprint density at radius 3 is 1.86 bits per heavy atom. The molecule has 0 saturated carbocycles. The first-order valence-electron chi connectivity index (χ1n) is 9.28. The number of hydrogen-bond acceptors (Lipinski definition) is 3. The maximum absolute atomic E-state index is 9.32. The molecular weight excluding hydrogens is 347 g/mol. The van der Waals surface area contributed by atoms with Gasteiger partial charge in [0.15, 0.2) is 0 Å². The quantitative estimate of drug-likeness (QED) is 0.318. The van der Waals surface area contributed by atoms with Gasteiger partial charge in [0.1, 0.15) is 16.9 Å². The van der Waals surface area contributed by atoms with Crippen molar-refractivity contribution in [3.05, 3.63) is 78.9 Å². The molecular formula is C24H15BO3. The van der Waals surface area contributed by atoms with Gasteiger partial charge in [0.05, 0.1) is 0 Å². The average molecular weight is 362 g/mol. The zero-order chi connectivity index (χ0) is 18.7. The Balaban J connectivity index is 1.96. The predicted octanol–water partition coefficient (Wildman–Crippen LogP) is 5.68. The van der Waals surface area contributed by atoms with Gasteiger partial charge in [-0.25, -0.2) is 0 Å². The van der Waals surface area contributed by atoms with E-state index < -0.39 is 0 Å². The maximum Gasteiger partial charge on any atom is 0.504 e. The van der Waals surface area contributed by atoms with Crippen LogP contribution in [0.2, 0.25) is 0 Å². The second-order valence-electron chi connectivity index (χ2n) is 6.96. The van der Waals surface area contributed by atoms with Crippen LogP contribution in [0.15, 0.2) is 83.3 Å². The number of rotatable bonds is 2. The molecule has 0 aliphatic carbocycles. The highest BCUT2D eigenvalue weighted by Gasteiger charge is 2.19. The second kappa shape index (κ2) is 5.75. The van der Waals surface area contributed by atoms with Gasteiger partial charge in [0, 0.05) is 27.6 Å². The van der Waals surface area contributed by atoms with Crippen molar-refractivity contribution in [2.45, 2.75) is 0 Å². The van der Waals surface area contributed by atoms with Gasteiger partial charge < -0.3 is 14.1 Å². The van der Waals surface area contributed by atoms with E-state index in [4.69, 9.17) is 9.07 Å². The Labute approximate surface area is 161 Å². The number of fused-ring (bicyclic) bond motifs is 10. The first kappa shape index (κ1) is 15.6. The molecule has 0 atom stereocenters.